The molecule has 7 nitrogen and oxygen atoms in total. The normalized spacial score (nSPS) is 12.1. The van der Waals surface area contributed by atoms with Gasteiger partial charge in [-0.1, -0.05) is 18.2 Å². The molecule has 0 aromatic heterocycles. The third kappa shape index (κ3) is 8.08. The van der Waals surface area contributed by atoms with Gasteiger partial charge in [0.1, 0.15) is 18.5 Å². The van der Waals surface area contributed by atoms with Crippen molar-refractivity contribution in [2.45, 2.75) is 20.0 Å². The molecule has 0 radical (unpaired) electrons. The lowest BCUT2D eigenvalue weighted by molar-refractivity contribution is -0.114. The zero-order valence-corrected chi connectivity index (χ0v) is 16.9. The monoisotopic (exact) mass is 402 g/mol. The standard InChI is InChI=1S/C21H27FN4O3/c1-15(29-20-10-5-4-9-19(20)22)14-25-21(23-3)24-11-12-28-18-8-6-7-17(13-18)26-16(2)27/h4-10,13,15H,11-12,14H2,1-3H3,(H,26,27)(H2,23,24,25). The Balaban J connectivity index is 1.70. The number of rotatable bonds is 9. The van der Waals surface area contributed by atoms with E-state index in [-0.39, 0.29) is 23.6 Å². The maximum Gasteiger partial charge on any atom is 0.221 e. The molecule has 0 aliphatic rings. The van der Waals surface area contributed by atoms with Crippen LogP contribution in [0.5, 0.6) is 11.5 Å². The highest BCUT2D eigenvalue weighted by molar-refractivity contribution is 5.88. The molecule has 0 aliphatic carbocycles. The highest BCUT2D eigenvalue weighted by Gasteiger charge is 2.09. The Morgan fingerprint density at radius 3 is 2.69 bits per heavy atom. The molecular weight excluding hydrogens is 375 g/mol. The van der Waals surface area contributed by atoms with Crippen LogP contribution in [-0.2, 0) is 4.79 Å². The molecule has 0 aliphatic heterocycles. The Morgan fingerprint density at radius 1 is 1.17 bits per heavy atom. The number of ether oxygens (including phenoxy) is 2. The second kappa shape index (κ2) is 11.5. The molecule has 2 aromatic rings. The molecular formula is C21H27FN4O3. The van der Waals surface area contributed by atoms with Crippen LogP contribution < -0.4 is 25.4 Å². The molecule has 0 saturated heterocycles. The van der Waals surface area contributed by atoms with Crippen LogP contribution in [0.1, 0.15) is 13.8 Å². The number of hydrogen-bond acceptors (Lipinski definition) is 4. The van der Waals surface area contributed by atoms with E-state index in [0.717, 1.165) is 0 Å². The lowest BCUT2D eigenvalue weighted by Gasteiger charge is -2.18. The molecule has 0 bridgehead atoms. The number of guanidine groups is 1. The van der Waals surface area contributed by atoms with Gasteiger partial charge >= 0.3 is 0 Å². The van der Waals surface area contributed by atoms with Gasteiger partial charge in [-0.05, 0) is 31.2 Å². The van der Waals surface area contributed by atoms with Crippen LogP contribution in [0.2, 0.25) is 0 Å². The molecule has 8 heteroatoms. The van der Waals surface area contributed by atoms with Crippen LogP contribution in [0, 0.1) is 5.82 Å². The van der Waals surface area contributed by atoms with Gasteiger partial charge in [0.2, 0.25) is 5.91 Å². The van der Waals surface area contributed by atoms with Crippen molar-refractivity contribution in [2.24, 2.45) is 4.99 Å². The van der Waals surface area contributed by atoms with Gasteiger partial charge in [-0.15, -0.1) is 0 Å². The topological polar surface area (TPSA) is 84.0 Å². The van der Waals surface area contributed by atoms with E-state index < -0.39 is 0 Å². The summed E-state index contributed by atoms with van der Waals surface area (Å²) >= 11 is 0. The number of nitrogens with one attached hydrogen (secondary N) is 3. The van der Waals surface area contributed by atoms with Crippen LogP contribution in [0.25, 0.3) is 0 Å². The first kappa shape index (κ1) is 22.0. The summed E-state index contributed by atoms with van der Waals surface area (Å²) in [5.74, 6) is 0.950. The second-order valence-electron chi connectivity index (χ2n) is 6.30. The number of hydrogen-bond donors (Lipinski definition) is 3. The summed E-state index contributed by atoms with van der Waals surface area (Å²) in [6.45, 7) is 4.68. The van der Waals surface area contributed by atoms with Crippen LogP contribution in [0.4, 0.5) is 10.1 Å². The Kier molecular flexibility index (Phi) is 8.75. The Morgan fingerprint density at radius 2 is 1.97 bits per heavy atom. The van der Waals surface area contributed by atoms with E-state index in [1.807, 2.05) is 19.1 Å². The fourth-order valence-electron chi connectivity index (χ4n) is 2.46. The van der Waals surface area contributed by atoms with Gasteiger partial charge in [-0.2, -0.15) is 0 Å². The molecule has 1 unspecified atom stereocenters. The number of anilines is 1. The van der Waals surface area contributed by atoms with Crippen molar-refractivity contribution in [1.82, 2.24) is 10.6 Å². The minimum Gasteiger partial charge on any atom is -0.492 e. The highest BCUT2D eigenvalue weighted by atomic mass is 19.1. The number of halogens is 1. The number of nitrogens with zero attached hydrogens (tertiary/aromatic N) is 1. The summed E-state index contributed by atoms with van der Waals surface area (Å²) in [5, 5.41) is 8.97. The molecule has 1 amide bonds. The number of amides is 1. The predicted octanol–water partition coefficient (Wildman–Crippen LogP) is 2.80. The zero-order chi connectivity index (χ0) is 21.1. The van der Waals surface area contributed by atoms with Crippen molar-refractivity contribution in [1.29, 1.82) is 0 Å². The average molecular weight is 402 g/mol. The van der Waals surface area contributed by atoms with Gasteiger partial charge < -0.3 is 25.4 Å². The quantitative estimate of drug-likeness (QED) is 0.341. The van der Waals surface area contributed by atoms with E-state index in [2.05, 4.69) is 20.9 Å². The molecule has 0 fully saturated rings. The summed E-state index contributed by atoms with van der Waals surface area (Å²) in [5.41, 5.74) is 0.685. The lowest BCUT2D eigenvalue weighted by Crippen LogP contribution is -2.43. The van der Waals surface area contributed by atoms with Crippen molar-refractivity contribution < 1.29 is 18.7 Å². The first-order valence-corrected chi connectivity index (χ1v) is 9.34. The highest BCUT2D eigenvalue weighted by Crippen LogP contribution is 2.17. The molecule has 0 heterocycles. The van der Waals surface area contributed by atoms with Gasteiger partial charge in [0, 0.05) is 25.7 Å². The van der Waals surface area contributed by atoms with E-state index in [0.29, 0.717) is 37.1 Å². The minimum atomic E-state index is -0.387. The molecule has 1 atom stereocenters. The van der Waals surface area contributed by atoms with Crippen molar-refractivity contribution in [2.75, 3.05) is 32.1 Å². The Bertz CT molecular complexity index is 829. The minimum absolute atomic E-state index is 0.132. The third-order valence-electron chi connectivity index (χ3n) is 3.76. The zero-order valence-electron chi connectivity index (χ0n) is 16.9. The number of carbonyl (C=O) groups excluding carboxylic acids is 1. The third-order valence-corrected chi connectivity index (χ3v) is 3.76. The van der Waals surface area contributed by atoms with Crippen LogP contribution in [0.3, 0.4) is 0 Å². The number of benzene rings is 2. The van der Waals surface area contributed by atoms with Gasteiger partial charge in [0.05, 0.1) is 13.1 Å². The first-order chi connectivity index (χ1) is 14.0. The van der Waals surface area contributed by atoms with Crippen LogP contribution in [-0.4, -0.2) is 44.7 Å². The van der Waals surface area contributed by atoms with E-state index in [9.17, 15) is 9.18 Å². The average Bonchev–Trinajstić information content (AvgIpc) is 2.69. The molecule has 3 N–H and O–H groups in total. The summed E-state index contributed by atoms with van der Waals surface area (Å²) in [6, 6.07) is 13.5. The Labute approximate surface area is 170 Å². The van der Waals surface area contributed by atoms with Gasteiger partial charge in [0.25, 0.3) is 0 Å². The summed E-state index contributed by atoms with van der Waals surface area (Å²) in [4.78, 5) is 15.2. The second-order valence-corrected chi connectivity index (χ2v) is 6.30. The largest absolute Gasteiger partial charge is 0.492 e. The summed E-state index contributed by atoms with van der Waals surface area (Å²) in [6.07, 6.45) is -0.252. The molecule has 0 saturated carbocycles. The predicted molar refractivity (Wildman–Crippen MR) is 112 cm³/mol. The van der Waals surface area contributed by atoms with Crippen molar-refractivity contribution in [3.05, 3.63) is 54.3 Å². The van der Waals surface area contributed by atoms with E-state index >= 15 is 0 Å². The maximum atomic E-state index is 13.6. The van der Waals surface area contributed by atoms with E-state index in [1.165, 1.54) is 13.0 Å². The smallest absolute Gasteiger partial charge is 0.221 e. The van der Waals surface area contributed by atoms with E-state index in [1.54, 1.807) is 37.4 Å². The number of aliphatic imine (C=N–C) groups is 1. The SMILES string of the molecule is CN=C(NCCOc1cccc(NC(C)=O)c1)NCC(C)Oc1ccccc1F. The molecule has 2 aromatic carbocycles. The summed E-state index contributed by atoms with van der Waals surface area (Å²) in [7, 11) is 1.66. The van der Waals surface area contributed by atoms with E-state index in [4.69, 9.17) is 9.47 Å². The number of para-hydroxylation sites is 1. The van der Waals surface area contributed by atoms with Gasteiger partial charge in [-0.3, -0.25) is 9.79 Å². The van der Waals surface area contributed by atoms with Crippen LogP contribution >= 0.6 is 0 Å². The lowest BCUT2D eigenvalue weighted by atomic mass is 10.3. The van der Waals surface area contributed by atoms with Crippen LogP contribution in [0.15, 0.2) is 53.5 Å². The molecule has 156 valence electrons. The number of carbonyl (C=O) groups is 1. The van der Waals surface area contributed by atoms with Crippen molar-refractivity contribution >= 4 is 17.6 Å². The van der Waals surface area contributed by atoms with Crippen molar-refractivity contribution in [3.63, 3.8) is 0 Å². The molecule has 0 spiro atoms. The van der Waals surface area contributed by atoms with Gasteiger partial charge in [-0.25, -0.2) is 4.39 Å². The fourth-order valence-corrected chi connectivity index (χ4v) is 2.46. The molecule has 29 heavy (non-hydrogen) atoms. The Hall–Kier alpha value is -3.29. The fraction of sp³-hybridized carbons (Fsp3) is 0.333. The summed E-state index contributed by atoms with van der Waals surface area (Å²) < 4.78 is 24.9. The first-order valence-electron chi connectivity index (χ1n) is 9.34. The van der Waals surface area contributed by atoms with Gasteiger partial charge in [0.15, 0.2) is 17.5 Å². The maximum absolute atomic E-state index is 13.6. The molecule has 2 rings (SSSR count). The van der Waals surface area contributed by atoms with Crippen molar-refractivity contribution in [3.8, 4) is 11.5 Å².